The molecule has 0 fully saturated rings. The third kappa shape index (κ3) is 4.75. The summed E-state index contributed by atoms with van der Waals surface area (Å²) in [4.78, 5) is 22.7. The average Bonchev–Trinajstić information content (AvgIpc) is 2.77. The van der Waals surface area contributed by atoms with E-state index in [1.807, 2.05) is 6.92 Å². The van der Waals surface area contributed by atoms with E-state index in [9.17, 15) is 9.59 Å². The van der Waals surface area contributed by atoms with Crippen LogP contribution in [0.15, 0.2) is 16.7 Å². The monoisotopic (exact) mass is 269 g/mol. The molecule has 1 aromatic heterocycles. The summed E-state index contributed by atoms with van der Waals surface area (Å²) < 4.78 is 10.1. The van der Waals surface area contributed by atoms with Crippen LogP contribution in [0, 0.1) is 0 Å². The molecule has 0 aromatic carbocycles. The molecule has 0 aliphatic rings. The summed E-state index contributed by atoms with van der Waals surface area (Å²) in [5, 5.41) is 11.5. The Balaban J connectivity index is 2.71. The Labute approximate surface area is 111 Å². The molecule has 1 atom stereocenters. The van der Waals surface area contributed by atoms with Crippen LogP contribution in [0.1, 0.15) is 35.9 Å². The first-order valence-corrected chi connectivity index (χ1v) is 6.16. The van der Waals surface area contributed by atoms with Gasteiger partial charge in [-0.15, -0.1) is 0 Å². The van der Waals surface area contributed by atoms with Gasteiger partial charge in [0, 0.05) is 7.11 Å². The van der Waals surface area contributed by atoms with Gasteiger partial charge in [-0.1, -0.05) is 13.3 Å². The molecule has 6 nitrogen and oxygen atoms in total. The summed E-state index contributed by atoms with van der Waals surface area (Å²) in [5.41, 5.74) is 0.264. The van der Waals surface area contributed by atoms with Gasteiger partial charge < -0.3 is 19.6 Å². The number of hydrogen-bond donors (Lipinski definition) is 2. The molecule has 6 heteroatoms. The highest BCUT2D eigenvalue weighted by molar-refractivity contribution is 5.96. The number of methoxy groups -OCH3 is 1. The maximum absolute atomic E-state index is 12.0. The van der Waals surface area contributed by atoms with Gasteiger partial charge >= 0.3 is 5.97 Å². The SMILES string of the molecule is CCCC(COC)NC(=O)c1ccoc1CC(=O)O. The third-order valence-electron chi connectivity index (χ3n) is 2.64. The van der Waals surface area contributed by atoms with Gasteiger partial charge in [0.05, 0.1) is 24.5 Å². The topological polar surface area (TPSA) is 88.8 Å². The first kappa shape index (κ1) is 15.2. The van der Waals surface area contributed by atoms with Crippen molar-refractivity contribution in [3.05, 3.63) is 23.7 Å². The minimum absolute atomic E-state index is 0.0879. The second kappa shape index (κ2) is 7.58. The van der Waals surface area contributed by atoms with E-state index < -0.39 is 5.97 Å². The molecular weight excluding hydrogens is 250 g/mol. The van der Waals surface area contributed by atoms with Gasteiger partial charge in [-0.05, 0) is 12.5 Å². The summed E-state index contributed by atoms with van der Waals surface area (Å²) in [7, 11) is 1.57. The number of carboxylic acids is 1. The minimum atomic E-state index is -1.04. The number of nitrogens with one attached hydrogen (secondary N) is 1. The van der Waals surface area contributed by atoms with Crippen molar-refractivity contribution in [1.29, 1.82) is 0 Å². The van der Waals surface area contributed by atoms with Gasteiger partial charge in [0.1, 0.15) is 12.2 Å². The number of furan rings is 1. The number of rotatable bonds is 8. The third-order valence-corrected chi connectivity index (χ3v) is 2.64. The largest absolute Gasteiger partial charge is 0.481 e. The highest BCUT2D eigenvalue weighted by atomic mass is 16.5. The highest BCUT2D eigenvalue weighted by Gasteiger charge is 2.19. The molecule has 0 bridgehead atoms. The normalized spacial score (nSPS) is 12.1. The van der Waals surface area contributed by atoms with Crippen molar-refractivity contribution in [2.24, 2.45) is 0 Å². The Morgan fingerprint density at radius 2 is 2.26 bits per heavy atom. The molecule has 106 valence electrons. The summed E-state index contributed by atoms with van der Waals surface area (Å²) >= 11 is 0. The maximum atomic E-state index is 12.0. The first-order chi connectivity index (χ1) is 9.08. The molecule has 1 amide bonds. The van der Waals surface area contributed by atoms with Gasteiger partial charge in [0.25, 0.3) is 5.91 Å². The molecule has 1 heterocycles. The number of carbonyl (C=O) groups is 2. The lowest BCUT2D eigenvalue weighted by atomic mass is 10.1. The fraction of sp³-hybridized carbons (Fsp3) is 0.538. The smallest absolute Gasteiger partial charge is 0.311 e. The van der Waals surface area contributed by atoms with E-state index in [0.29, 0.717) is 6.61 Å². The fourth-order valence-electron chi connectivity index (χ4n) is 1.83. The van der Waals surface area contributed by atoms with Crippen LogP contribution >= 0.6 is 0 Å². The van der Waals surface area contributed by atoms with Crippen LogP contribution in [-0.4, -0.2) is 36.7 Å². The highest BCUT2D eigenvalue weighted by Crippen LogP contribution is 2.12. The zero-order valence-electron chi connectivity index (χ0n) is 11.1. The second-order valence-corrected chi connectivity index (χ2v) is 4.24. The zero-order valence-corrected chi connectivity index (χ0v) is 11.1. The van der Waals surface area contributed by atoms with Crippen LogP contribution in [-0.2, 0) is 16.0 Å². The van der Waals surface area contributed by atoms with Gasteiger partial charge in [0.2, 0.25) is 0 Å². The van der Waals surface area contributed by atoms with Crippen molar-refractivity contribution in [2.45, 2.75) is 32.2 Å². The van der Waals surface area contributed by atoms with E-state index in [-0.39, 0.29) is 29.7 Å². The first-order valence-electron chi connectivity index (χ1n) is 6.16. The molecule has 19 heavy (non-hydrogen) atoms. The van der Waals surface area contributed by atoms with Crippen LogP contribution in [0.25, 0.3) is 0 Å². The van der Waals surface area contributed by atoms with Crippen LogP contribution in [0.2, 0.25) is 0 Å². The van der Waals surface area contributed by atoms with Crippen LogP contribution < -0.4 is 5.32 Å². The molecule has 2 N–H and O–H groups in total. The van der Waals surface area contributed by atoms with Crippen molar-refractivity contribution in [2.75, 3.05) is 13.7 Å². The Kier molecular flexibility index (Phi) is 6.08. The average molecular weight is 269 g/mol. The zero-order chi connectivity index (χ0) is 14.3. The molecule has 0 aliphatic heterocycles. The molecule has 1 aromatic rings. The minimum Gasteiger partial charge on any atom is -0.481 e. The summed E-state index contributed by atoms with van der Waals surface area (Å²) in [6.07, 6.45) is 2.73. The second-order valence-electron chi connectivity index (χ2n) is 4.24. The molecule has 0 spiro atoms. The molecular formula is C13H19NO5. The van der Waals surface area contributed by atoms with Crippen molar-refractivity contribution >= 4 is 11.9 Å². The van der Waals surface area contributed by atoms with Gasteiger partial charge in [-0.25, -0.2) is 0 Å². The number of carboxylic acid groups (broad SMARTS) is 1. The molecule has 0 saturated carbocycles. The Morgan fingerprint density at radius 3 is 2.84 bits per heavy atom. The van der Waals surface area contributed by atoms with E-state index in [4.69, 9.17) is 14.3 Å². The lowest BCUT2D eigenvalue weighted by Crippen LogP contribution is -2.38. The van der Waals surface area contributed by atoms with E-state index >= 15 is 0 Å². The summed E-state index contributed by atoms with van der Waals surface area (Å²) in [6, 6.07) is 1.39. The molecule has 1 unspecified atom stereocenters. The van der Waals surface area contributed by atoms with E-state index in [0.717, 1.165) is 12.8 Å². The van der Waals surface area contributed by atoms with E-state index in [1.54, 1.807) is 7.11 Å². The molecule has 0 aliphatic carbocycles. The number of hydrogen-bond acceptors (Lipinski definition) is 4. The Hall–Kier alpha value is -1.82. The fourth-order valence-corrected chi connectivity index (χ4v) is 1.83. The van der Waals surface area contributed by atoms with Gasteiger partial charge in [-0.2, -0.15) is 0 Å². The molecule has 0 radical (unpaired) electrons. The van der Waals surface area contributed by atoms with Crippen molar-refractivity contribution < 1.29 is 23.8 Å². The standard InChI is InChI=1S/C13H19NO5/c1-3-4-9(8-18-2)14-13(17)10-5-6-19-11(10)7-12(15)16/h5-6,9H,3-4,7-8H2,1-2H3,(H,14,17)(H,15,16). The lowest BCUT2D eigenvalue weighted by Gasteiger charge is -2.16. The maximum Gasteiger partial charge on any atom is 0.311 e. The summed E-state index contributed by atoms with van der Waals surface area (Å²) in [6.45, 7) is 2.44. The number of carbonyl (C=O) groups excluding carboxylic acids is 1. The molecule has 1 rings (SSSR count). The van der Waals surface area contributed by atoms with E-state index in [1.165, 1.54) is 12.3 Å². The van der Waals surface area contributed by atoms with E-state index in [2.05, 4.69) is 5.32 Å². The predicted octanol–water partition coefficient (Wildman–Crippen LogP) is 1.45. The Bertz CT molecular complexity index is 420. The summed E-state index contributed by atoms with van der Waals surface area (Å²) in [5.74, 6) is -1.20. The quantitative estimate of drug-likeness (QED) is 0.745. The van der Waals surface area contributed by atoms with Crippen molar-refractivity contribution in [3.8, 4) is 0 Å². The number of ether oxygens (including phenoxy) is 1. The van der Waals surface area contributed by atoms with Gasteiger partial charge in [-0.3, -0.25) is 9.59 Å². The van der Waals surface area contributed by atoms with Crippen molar-refractivity contribution in [1.82, 2.24) is 5.32 Å². The number of aliphatic carboxylic acids is 1. The number of amides is 1. The van der Waals surface area contributed by atoms with Crippen molar-refractivity contribution in [3.63, 3.8) is 0 Å². The van der Waals surface area contributed by atoms with Crippen LogP contribution in [0.4, 0.5) is 0 Å². The molecule has 0 saturated heterocycles. The van der Waals surface area contributed by atoms with Gasteiger partial charge in [0.15, 0.2) is 0 Å². The Morgan fingerprint density at radius 1 is 1.53 bits per heavy atom. The van der Waals surface area contributed by atoms with Crippen LogP contribution in [0.3, 0.4) is 0 Å². The van der Waals surface area contributed by atoms with Crippen LogP contribution in [0.5, 0.6) is 0 Å². The lowest BCUT2D eigenvalue weighted by molar-refractivity contribution is -0.136. The predicted molar refractivity (Wildman–Crippen MR) is 68.1 cm³/mol.